The maximum atomic E-state index is 16.5. The Kier molecular flexibility index (Phi) is 6.28. The Morgan fingerprint density at radius 3 is 2.44 bits per heavy atom. The first-order valence-electron chi connectivity index (χ1n) is 9.29. The molecule has 2 aromatic rings. The van der Waals surface area contributed by atoms with Crippen LogP contribution >= 0.6 is 11.6 Å². The van der Waals surface area contributed by atoms with Gasteiger partial charge >= 0.3 is 12.3 Å². The Labute approximate surface area is 185 Å². The average Bonchev–Trinajstić information content (AvgIpc) is 2.92. The summed E-state index contributed by atoms with van der Waals surface area (Å²) in [5.41, 5.74) is -5.14. The summed E-state index contributed by atoms with van der Waals surface area (Å²) < 4.78 is 71.1. The molecule has 0 N–H and O–H groups in total. The summed E-state index contributed by atoms with van der Waals surface area (Å²) in [5.74, 6) is -1.32. The highest BCUT2D eigenvalue weighted by Gasteiger charge is 2.55. The van der Waals surface area contributed by atoms with Gasteiger partial charge in [-0.3, -0.25) is 9.69 Å². The Balaban J connectivity index is 2.13. The normalized spacial score (nSPS) is 18.0. The number of hydrogen-bond donors (Lipinski definition) is 0. The zero-order chi connectivity index (χ0) is 23.8. The van der Waals surface area contributed by atoms with E-state index in [-0.39, 0.29) is 21.9 Å². The van der Waals surface area contributed by atoms with Gasteiger partial charge in [-0.2, -0.15) is 13.2 Å². The Morgan fingerprint density at radius 2 is 1.84 bits per heavy atom. The van der Waals surface area contributed by atoms with Crippen molar-refractivity contribution in [2.24, 2.45) is 0 Å². The molecule has 1 heterocycles. The van der Waals surface area contributed by atoms with Crippen molar-refractivity contribution in [1.29, 1.82) is 0 Å². The molecular weight excluding hydrogens is 458 g/mol. The SMILES string of the molecule is COc1ccc(Cl)cc1C1(F)C(=O)N(COC(=O)OC(C)C)c2cc(C(F)(F)F)ccc21. The van der Waals surface area contributed by atoms with Crippen LogP contribution in [0, 0.1) is 0 Å². The van der Waals surface area contributed by atoms with E-state index in [1.54, 1.807) is 13.8 Å². The monoisotopic (exact) mass is 475 g/mol. The molecule has 11 heteroatoms. The van der Waals surface area contributed by atoms with Gasteiger partial charge < -0.3 is 14.2 Å². The highest BCUT2D eigenvalue weighted by Crippen LogP contribution is 2.51. The summed E-state index contributed by atoms with van der Waals surface area (Å²) >= 11 is 5.98. The number of fused-ring (bicyclic) bond motifs is 1. The van der Waals surface area contributed by atoms with Crippen LogP contribution in [0.4, 0.5) is 28.0 Å². The summed E-state index contributed by atoms with van der Waals surface area (Å²) in [4.78, 5) is 25.5. The number of nitrogens with zero attached hydrogens (tertiary/aromatic N) is 1. The quantitative estimate of drug-likeness (QED) is 0.425. The molecular formula is C21H18ClF4NO5. The lowest BCUT2D eigenvalue weighted by atomic mass is 9.88. The van der Waals surface area contributed by atoms with Gasteiger partial charge in [0.15, 0.2) is 6.73 Å². The number of anilines is 1. The van der Waals surface area contributed by atoms with Crippen LogP contribution in [-0.4, -0.2) is 32.0 Å². The Morgan fingerprint density at radius 1 is 1.16 bits per heavy atom. The molecule has 0 saturated heterocycles. The molecule has 0 aliphatic carbocycles. The van der Waals surface area contributed by atoms with Crippen LogP contribution in [0.3, 0.4) is 0 Å². The van der Waals surface area contributed by atoms with Gasteiger partial charge in [0.2, 0.25) is 5.67 Å². The van der Waals surface area contributed by atoms with Gasteiger partial charge in [-0.15, -0.1) is 0 Å². The van der Waals surface area contributed by atoms with Gasteiger partial charge in [0.05, 0.1) is 24.5 Å². The second kappa shape index (κ2) is 8.50. The minimum absolute atomic E-state index is 0.0434. The number of halogens is 5. The molecule has 0 bridgehead atoms. The molecule has 1 aliphatic rings. The number of ether oxygens (including phenoxy) is 3. The lowest BCUT2D eigenvalue weighted by molar-refractivity contribution is -0.137. The second-order valence-electron chi connectivity index (χ2n) is 7.16. The Hall–Kier alpha value is -3.01. The van der Waals surface area contributed by atoms with Crippen LogP contribution in [0.5, 0.6) is 5.75 Å². The Bertz CT molecular complexity index is 1060. The van der Waals surface area contributed by atoms with Crippen molar-refractivity contribution in [3.8, 4) is 5.75 Å². The molecule has 2 aromatic carbocycles. The van der Waals surface area contributed by atoms with Gasteiger partial charge in [0.25, 0.3) is 5.91 Å². The van der Waals surface area contributed by atoms with Crippen molar-refractivity contribution < 1.29 is 41.4 Å². The molecule has 0 fully saturated rings. The van der Waals surface area contributed by atoms with Crippen molar-refractivity contribution in [3.05, 3.63) is 58.1 Å². The molecule has 1 amide bonds. The first-order valence-corrected chi connectivity index (χ1v) is 9.67. The minimum Gasteiger partial charge on any atom is -0.496 e. The van der Waals surface area contributed by atoms with E-state index in [4.69, 9.17) is 25.8 Å². The van der Waals surface area contributed by atoms with Crippen molar-refractivity contribution in [2.45, 2.75) is 31.8 Å². The number of methoxy groups -OCH3 is 1. The van der Waals surface area contributed by atoms with E-state index in [9.17, 15) is 22.8 Å². The summed E-state index contributed by atoms with van der Waals surface area (Å²) in [6, 6.07) is 6.02. The second-order valence-corrected chi connectivity index (χ2v) is 7.59. The van der Waals surface area contributed by atoms with E-state index in [1.807, 2.05) is 0 Å². The zero-order valence-corrected chi connectivity index (χ0v) is 17.9. The molecule has 0 aromatic heterocycles. The van der Waals surface area contributed by atoms with Gasteiger partial charge in [-0.25, -0.2) is 9.18 Å². The molecule has 3 rings (SSSR count). The standard InChI is InChI=1S/C21H18ClF4NO5/c1-11(2)32-19(29)31-10-27-16-8-12(21(24,25)26)4-6-14(16)20(23,18(27)28)15-9-13(22)5-7-17(15)30-3/h4-9,11H,10H2,1-3H3. The molecule has 0 radical (unpaired) electrons. The predicted octanol–water partition coefficient (Wildman–Crippen LogP) is 5.45. The lowest BCUT2D eigenvalue weighted by Crippen LogP contribution is -2.40. The van der Waals surface area contributed by atoms with Crippen LogP contribution < -0.4 is 9.64 Å². The molecule has 1 unspecified atom stereocenters. The van der Waals surface area contributed by atoms with E-state index in [0.717, 1.165) is 12.1 Å². The van der Waals surface area contributed by atoms with Crippen LogP contribution in [-0.2, 0) is 26.1 Å². The predicted molar refractivity (Wildman–Crippen MR) is 106 cm³/mol. The summed E-state index contributed by atoms with van der Waals surface area (Å²) in [7, 11) is 1.24. The number of benzene rings is 2. The highest BCUT2D eigenvalue weighted by molar-refractivity contribution is 6.30. The van der Waals surface area contributed by atoms with Crippen LogP contribution in [0.1, 0.15) is 30.5 Å². The number of carbonyl (C=O) groups excluding carboxylic acids is 2. The van der Waals surface area contributed by atoms with Crippen LogP contribution in [0.15, 0.2) is 36.4 Å². The molecule has 0 saturated carbocycles. The number of hydrogen-bond acceptors (Lipinski definition) is 5. The van der Waals surface area contributed by atoms with E-state index >= 15 is 4.39 Å². The van der Waals surface area contributed by atoms with Crippen molar-refractivity contribution in [3.63, 3.8) is 0 Å². The minimum atomic E-state index is -4.75. The fraction of sp³-hybridized carbons (Fsp3) is 0.333. The fourth-order valence-electron chi connectivity index (χ4n) is 3.31. The number of amides is 1. The summed E-state index contributed by atoms with van der Waals surface area (Å²) in [6.45, 7) is 2.23. The third-order valence-corrected chi connectivity index (χ3v) is 4.94. The van der Waals surface area contributed by atoms with Gasteiger partial charge in [0, 0.05) is 16.1 Å². The maximum Gasteiger partial charge on any atom is 0.510 e. The largest absolute Gasteiger partial charge is 0.510 e. The third kappa shape index (κ3) is 4.19. The first kappa shape index (κ1) is 23.6. The topological polar surface area (TPSA) is 65.1 Å². The third-order valence-electron chi connectivity index (χ3n) is 4.70. The molecule has 1 aliphatic heterocycles. The number of rotatable bonds is 5. The van der Waals surface area contributed by atoms with E-state index in [0.29, 0.717) is 17.0 Å². The molecule has 0 spiro atoms. The zero-order valence-electron chi connectivity index (χ0n) is 17.1. The lowest BCUT2D eigenvalue weighted by Gasteiger charge is -2.23. The van der Waals surface area contributed by atoms with Crippen molar-refractivity contribution in [2.75, 3.05) is 18.7 Å². The van der Waals surface area contributed by atoms with Crippen molar-refractivity contribution >= 4 is 29.4 Å². The van der Waals surface area contributed by atoms with E-state index < -0.39 is 48.0 Å². The average molecular weight is 476 g/mol. The molecule has 1 atom stereocenters. The molecule has 172 valence electrons. The number of alkyl halides is 4. The van der Waals surface area contributed by atoms with E-state index in [1.165, 1.54) is 19.2 Å². The van der Waals surface area contributed by atoms with Crippen molar-refractivity contribution in [1.82, 2.24) is 0 Å². The molecule has 6 nitrogen and oxygen atoms in total. The van der Waals surface area contributed by atoms with Gasteiger partial charge in [0.1, 0.15) is 5.75 Å². The summed E-state index contributed by atoms with van der Waals surface area (Å²) in [6.07, 6.45) is -6.47. The van der Waals surface area contributed by atoms with Gasteiger partial charge in [-0.1, -0.05) is 17.7 Å². The van der Waals surface area contributed by atoms with Gasteiger partial charge in [-0.05, 0) is 44.2 Å². The summed E-state index contributed by atoms with van der Waals surface area (Å²) in [5, 5.41) is 0.0781. The smallest absolute Gasteiger partial charge is 0.496 e. The fourth-order valence-corrected chi connectivity index (χ4v) is 3.49. The van der Waals surface area contributed by atoms with E-state index in [2.05, 4.69) is 0 Å². The highest BCUT2D eigenvalue weighted by atomic mass is 35.5. The van der Waals surface area contributed by atoms with Crippen LogP contribution in [0.2, 0.25) is 5.02 Å². The molecule has 32 heavy (non-hydrogen) atoms. The first-order chi connectivity index (χ1) is 14.9. The van der Waals surface area contributed by atoms with Crippen LogP contribution in [0.25, 0.3) is 0 Å². The number of carbonyl (C=O) groups is 2. The maximum absolute atomic E-state index is 16.5.